The molecular weight excluding hydrogens is 840 g/mol. The highest BCUT2D eigenvalue weighted by Crippen LogP contribution is 2.52. The zero-order chi connectivity index (χ0) is 46.7. The van der Waals surface area contributed by atoms with Crippen LogP contribution in [0.2, 0.25) is 0 Å². The number of hydrogen-bond acceptors (Lipinski definition) is 21. The number of benzene rings is 4. The molecule has 0 amide bonds. The third-order valence-corrected chi connectivity index (χ3v) is 6.80. The molecule has 0 aliphatic rings. The van der Waals surface area contributed by atoms with Crippen LogP contribution >= 0.6 is 0 Å². The molecule has 4 rings (SSSR count). The summed E-state index contributed by atoms with van der Waals surface area (Å²) >= 11 is 0. The van der Waals surface area contributed by atoms with Gasteiger partial charge in [0.05, 0.1) is 0 Å². The van der Waals surface area contributed by atoms with Crippen LogP contribution in [0, 0.1) is 0 Å². The van der Waals surface area contributed by atoms with E-state index >= 15 is 0 Å². The van der Waals surface area contributed by atoms with E-state index in [4.69, 9.17) is 56.8 Å². The molecule has 0 heterocycles. The first-order valence-corrected chi connectivity index (χ1v) is 17.9. The number of hydrogen-bond donors (Lipinski definition) is 0. The van der Waals surface area contributed by atoms with Crippen molar-refractivity contribution in [2.75, 3.05) is 0 Å². The minimum absolute atomic E-state index is 0.142. The van der Waals surface area contributed by atoms with Crippen LogP contribution in [0.3, 0.4) is 0 Å². The van der Waals surface area contributed by atoms with Crippen molar-refractivity contribution in [3.8, 4) is 86.2 Å². The standard InChI is InChI=1S/C42H36O21/c1-19(43)52-28-10-29(53-20(2)44)12-30(11-28)61-40-35(57-24(6)48)17-33(18-36(40)58-25(7)49)62-41-34(56-23(5)47)13-32(55-22(4)46)16-39(41)63-42-37(59-26(8)50)14-31(54-21(3)45)15-38(42)60-27(9)51/h10-18H,1-9H3. The van der Waals surface area contributed by atoms with Crippen molar-refractivity contribution < 1.29 is 100.0 Å². The lowest BCUT2D eigenvalue weighted by Gasteiger charge is -2.21. The Balaban J connectivity index is 2.03. The van der Waals surface area contributed by atoms with E-state index in [0.29, 0.717) is 0 Å². The Morgan fingerprint density at radius 2 is 0.429 bits per heavy atom. The topological polar surface area (TPSA) is 264 Å². The third-order valence-electron chi connectivity index (χ3n) is 6.80. The molecule has 63 heavy (non-hydrogen) atoms. The van der Waals surface area contributed by atoms with Gasteiger partial charge in [-0.3, -0.25) is 43.2 Å². The van der Waals surface area contributed by atoms with Crippen molar-refractivity contribution >= 4 is 53.7 Å². The van der Waals surface area contributed by atoms with Crippen LogP contribution in [-0.4, -0.2) is 53.7 Å². The maximum atomic E-state index is 12.5. The number of esters is 9. The van der Waals surface area contributed by atoms with E-state index in [1.807, 2.05) is 0 Å². The molecule has 4 aromatic rings. The quantitative estimate of drug-likeness (QED) is 0.0924. The van der Waals surface area contributed by atoms with Crippen LogP contribution in [0.5, 0.6) is 86.2 Å². The minimum Gasteiger partial charge on any atom is -0.449 e. The average molecular weight is 877 g/mol. The lowest BCUT2D eigenvalue weighted by Crippen LogP contribution is -2.10. The van der Waals surface area contributed by atoms with Crippen LogP contribution in [0.1, 0.15) is 62.3 Å². The van der Waals surface area contributed by atoms with E-state index in [9.17, 15) is 43.2 Å². The van der Waals surface area contributed by atoms with Gasteiger partial charge in [0.15, 0.2) is 34.5 Å². The van der Waals surface area contributed by atoms with Gasteiger partial charge < -0.3 is 56.8 Å². The fourth-order valence-corrected chi connectivity index (χ4v) is 5.10. The molecule has 0 saturated carbocycles. The van der Waals surface area contributed by atoms with Crippen molar-refractivity contribution in [1.29, 1.82) is 0 Å². The van der Waals surface area contributed by atoms with Crippen LogP contribution in [0.15, 0.2) is 54.6 Å². The van der Waals surface area contributed by atoms with Gasteiger partial charge in [0.25, 0.3) is 0 Å². The van der Waals surface area contributed by atoms with Gasteiger partial charge in [0, 0.05) is 117 Å². The van der Waals surface area contributed by atoms with Gasteiger partial charge in [-0.15, -0.1) is 0 Å². The third kappa shape index (κ3) is 14.3. The molecule has 0 aliphatic heterocycles. The Bertz CT molecular complexity index is 2430. The van der Waals surface area contributed by atoms with E-state index in [0.717, 1.165) is 98.7 Å². The highest BCUT2D eigenvalue weighted by molar-refractivity contribution is 5.79. The molecule has 0 aromatic heterocycles. The molecule has 0 N–H and O–H groups in total. The summed E-state index contributed by atoms with van der Waals surface area (Å²) in [7, 11) is 0. The summed E-state index contributed by atoms with van der Waals surface area (Å²) in [5.41, 5.74) is 0. The molecule has 0 spiro atoms. The van der Waals surface area contributed by atoms with Gasteiger partial charge >= 0.3 is 53.7 Å². The number of carbonyl (C=O) groups excluding carboxylic acids is 9. The van der Waals surface area contributed by atoms with Crippen molar-refractivity contribution in [3.05, 3.63) is 54.6 Å². The van der Waals surface area contributed by atoms with Crippen molar-refractivity contribution in [2.24, 2.45) is 0 Å². The summed E-state index contributed by atoms with van der Waals surface area (Å²) in [6, 6.07) is 9.88. The first-order chi connectivity index (χ1) is 29.5. The van der Waals surface area contributed by atoms with E-state index < -0.39 is 105 Å². The monoisotopic (exact) mass is 876 g/mol. The molecule has 0 unspecified atom stereocenters. The molecule has 0 aliphatic carbocycles. The van der Waals surface area contributed by atoms with Gasteiger partial charge in [-0.1, -0.05) is 0 Å². The fourth-order valence-electron chi connectivity index (χ4n) is 5.10. The maximum absolute atomic E-state index is 12.5. The van der Waals surface area contributed by atoms with Crippen molar-refractivity contribution in [3.63, 3.8) is 0 Å². The molecule has 0 saturated heterocycles. The molecular formula is C42H36O21. The van der Waals surface area contributed by atoms with Crippen LogP contribution in [0.25, 0.3) is 0 Å². The molecule has 21 nitrogen and oxygen atoms in total. The normalized spacial score (nSPS) is 10.2. The van der Waals surface area contributed by atoms with Crippen LogP contribution < -0.4 is 56.8 Å². The van der Waals surface area contributed by atoms with E-state index in [1.165, 1.54) is 18.2 Å². The zero-order valence-corrected chi connectivity index (χ0v) is 34.8. The van der Waals surface area contributed by atoms with Gasteiger partial charge in [-0.05, 0) is 0 Å². The molecule has 0 bridgehead atoms. The summed E-state index contributed by atoms with van der Waals surface area (Å²) in [6.07, 6.45) is 0. The van der Waals surface area contributed by atoms with Gasteiger partial charge in [0.1, 0.15) is 34.5 Å². The Morgan fingerprint density at radius 1 is 0.238 bits per heavy atom. The second-order valence-corrected chi connectivity index (χ2v) is 12.5. The molecule has 0 fully saturated rings. The minimum atomic E-state index is -0.938. The summed E-state index contributed by atoms with van der Waals surface area (Å²) in [4.78, 5) is 109. The lowest BCUT2D eigenvalue weighted by atomic mass is 10.2. The van der Waals surface area contributed by atoms with Crippen LogP contribution in [-0.2, 0) is 43.2 Å². The predicted molar refractivity (Wildman–Crippen MR) is 208 cm³/mol. The van der Waals surface area contributed by atoms with E-state index in [2.05, 4.69) is 0 Å². The molecule has 0 radical (unpaired) electrons. The van der Waals surface area contributed by atoms with E-state index in [1.54, 1.807) is 0 Å². The number of rotatable bonds is 15. The first kappa shape index (κ1) is 47.2. The van der Waals surface area contributed by atoms with Gasteiger partial charge in [-0.25, -0.2) is 0 Å². The highest BCUT2D eigenvalue weighted by Gasteiger charge is 2.28. The van der Waals surface area contributed by atoms with Gasteiger partial charge in [-0.2, -0.15) is 0 Å². The predicted octanol–water partition coefficient (Wildman–Crippen LogP) is 6.39. The summed E-state index contributed by atoms with van der Waals surface area (Å²) in [6.45, 7) is 9.46. The highest BCUT2D eigenvalue weighted by atomic mass is 16.6. The summed E-state index contributed by atoms with van der Waals surface area (Å²) < 4.78 is 65.9. The van der Waals surface area contributed by atoms with Gasteiger partial charge in [0.2, 0.25) is 17.2 Å². The first-order valence-electron chi connectivity index (χ1n) is 17.9. The Hall–Kier alpha value is -8.49. The second-order valence-electron chi connectivity index (χ2n) is 12.5. The Labute approximate surface area is 356 Å². The SMILES string of the molecule is CC(=O)Oc1cc(OC(C)=O)cc(Oc2c(OC(C)=O)cc(Oc3c(OC(C)=O)cc(OC(C)=O)cc3Oc3c(OC(C)=O)cc(OC(C)=O)cc3OC(C)=O)cc2OC(C)=O)c1. The molecule has 21 heteroatoms. The maximum Gasteiger partial charge on any atom is 0.308 e. The molecule has 330 valence electrons. The van der Waals surface area contributed by atoms with Crippen LogP contribution in [0.4, 0.5) is 0 Å². The lowest BCUT2D eigenvalue weighted by molar-refractivity contribution is -0.133. The number of carbonyl (C=O) groups is 9. The average Bonchev–Trinajstić information content (AvgIpc) is 3.10. The Kier molecular flexibility index (Phi) is 15.5. The Morgan fingerprint density at radius 3 is 0.714 bits per heavy atom. The molecule has 4 aromatic carbocycles. The van der Waals surface area contributed by atoms with Crippen molar-refractivity contribution in [1.82, 2.24) is 0 Å². The summed E-state index contributed by atoms with van der Waals surface area (Å²) in [5.74, 6) is -13.7. The smallest absolute Gasteiger partial charge is 0.308 e. The zero-order valence-electron chi connectivity index (χ0n) is 34.8. The second kappa shape index (κ2) is 20.7. The largest absolute Gasteiger partial charge is 0.449 e. The molecule has 0 atom stereocenters. The number of ether oxygens (including phenoxy) is 12. The van der Waals surface area contributed by atoms with E-state index in [-0.39, 0.29) is 34.5 Å². The summed E-state index contributed by atoms with van der Waals surface area (Å²) in [5, 5.41) is 0. The van der Waals surface area contributed by atoms with Crippen molar-refractivity contribution in [2.45, 2.75) is 62.3 Å². The fraction of sp³-hybridized carbons (Fsp3) is 0.214.